The van der Waals surface area contributed by atoms with Gasteiger partial charge in [0.05, 0.1) is 18.6 Å². The van der Waals surface area contributed by atoms with Crippen LogP contribution in [0.15, 0.2) is 59.4 Å². The fraction of sp³-hybridized carbons (Fsp3) is 0.188. The Morgan fingerprint density at radius 1 is 1.30 bits per heavy atom. The van der Waals surface area contributed by atoms with Crippen molar-refractivity contribution < 1.29 is 14.3 Å². The predicted molar refractivity (Wildman–Crippen MR) is 76.9 cm³/mol. The lowest BCUT2D eigenvalue weighted by Gasteiger charge is -2.10. The van der Waals surface area contributed by atoms with Crippen LogP contribution in [0.25, 0.3) is 6.08 Å². The van der Waals surface area contributed by atoms with Gasteiger partial charge in [0.2, 0.25) is 5.91 Å². The Kier molecular flexibility index (Phi) is 5.15. The Hall–Kier alpha value is -2.33. The lowest BCUT2D eigenvalue weighted by Crippen LogP contribution is -2.32. The summed E-state index contributed by atoms with van der Waals surface area (Å²) in [6.07, 6.45) is 6.09. The Morgan fingerprint density at radius 3 is 2.80 bits per heavy atom. The topological polar surface area (TPSA) is 62.5 Å². The van der Waals surface area contributed by atoms with Gasteiger partial charge >= 0.3 is 0 Å². The van der Waals surface area contributed by atoms with E-state index in [1.165, 1.54) is 6.08 Å². The van der Waals surface area contributed by atoms with Crippen LogP contribution in [0.1, 0.15) is 11.1 Å². The number of hydrogen-bond acceptors (Lipinski definition) is 3. The number of carbonyl (C=O) groups is 1. The molecule has 0 saturated heterocycles. The van der Waals surface area contributed by atoms with Gasteiger partial charge in [-0.15, -0.1) is 0 Å². The minimum Gasteiger partial charge on any atom is -0.472 e. The van der Waals surface area contributed by atoms with Gasteiger partial charge < -0.3 is 14.8 Å². The molecule has 1 amide bonds. The lowest BCUT2D eigenvalue weighted by atomic mass is 10.1. The molecule has 0 aliphatic heterocycles. The van der Waals surface area contributed by atoms with Gasteiger partial charge in [0.25, 0.3) is 0 Å². The molecular formula is C16H17NO3. The molecule has 4 nitrogen and oxygen atoms in total. The van der Waals surface area contributed by atoms with Crippen LogP contribution in [0.3, 0.4) is 0 Å². The van der Waals surface area contributed by atoms with Crippen molar-refractivity contribution in [3.05, 3.63) is 66.1 Å². The Morgan fingerprint density at radius 2 is 2.10 bits per heavy atom. The molecule has 0 saturated carbocycles. The van der Waals surface area contributed by atoms with Gasteiger partial charge in [0.15, 0.2) is 0 Å². The summed E-state index contributed by atoms with van der Waals surface area (Å²) in [7, 11) is 0. The number of benzene rings is 1. The first kappa shape index (κ1) is 14.1. The molecule has 0 spiro atoms. The number of rotatable bonds is 6. The molecule has 2 rings (SSSR count). The molecule has 0 bridgehead atoms. The zero-order valence-corrected chi connectivity index (χ0v) is 11.0. The first-order valence-corrected chi connectivity index (χ1v) is 6.44. The van der Waals surface area contributed by atoms with E-state index in [9.17, 15) is 9.90 Å². The maximum atomic E-state index is 11.6. The first-order chi connectivity index (χ1) is 9.74. The molecule has 1 atom stereocenters. The first-order valence-electron chi connectivity index (χ1n) is 6.44. The quantitative estimate of drug-likeness (QED) is 0.790. The predicted octanol–water partition coefficient (Wildman–Crippen LogP) is 2.01. The molecule has 2 N–H and O–H groups in total. The smallest absolute Gasteiger partial charge is 0.244 e. The van der Waals surface area contributed by atoms with Crippen LogP contribution in [0.4, 0.5) is 0 Å². The average molecular weight is 271 g/mol. The van der Waals surface area contributed by atoms with Crippen LogP contribution < -0.4 is 5.32 Å². The molecular weight excluding hydrogens is 254 g/mol. The molecule has 0 aliphatic rings. The normalized spacial score (nSPS) is 12.4. The third-order valence-electron chi connectivity index (χ3n) is 2.80. The van der Waals surface area contributed by atoms with Crippen molar-refractivity contribution in [3.8, 4) is 0 Å². The van der Waals surface area contributed by atoms with Gasteiger partial charge in [-0.3, -0.25) is 4.79 Å². The van der Waals surface area contributed by atoms with Crippen molar-refractivity contribution >= 4 is 12.0 Å². The van der Waals surface area contributed by atoms with Gasteiger partial charge in [-0.05, 0) is 17.7 Å². The van der Waals surface area contributed by atoms with Crippen LogP contribution >= 0.6 is 0 Å². The Labute approximate surface area is 117 Å². The molecule has 4 heteroatoms. The van der Waals surface area contributed by atoms with Crippen molar-refractivity contribution in [2.45, 2.75) is 12.5 Å². The van der Waals surface area contributed by atoms with Crippen molar-refractivity contribution in [1.82, 2.24) is 5.32 Å². The summed E-state index contributed by atoms with van der Waals surface area (Å²) in [5, 5.41) is 12.5. The molecule has 0 fully saturated rings. The van der Waals surface area contributed by atoms with Gasteiger partial charge in [0.1, 0.15) is 0 Å². The number of amides is 1. The highest BCUT2D eigenvalue weighted by molar-refractivity contribution is 5.91. The van der Waals surface area contributed by atoms with E-state index in [1.807, 2.05) is 30.3 Å². The average Bonchev–Trinajstić information content (AvgIpc) is 2.97. The number of aliphatic hydroxyl groups is 1. The van der Waals surface area contributed by atoms with Gasteiger partial charge in [-0.25, -0.2) is 0 Å². The van der Waals surface area contributed by atoms with Crippen molar-refractivity contribution in [1.29, 1.82) is 0 Å². The zero-order chi connectivity index (χ0) is 14.2. The second-order valence-corrected chi connectivity index (χ2v) is 4.48. The Balaban J connectivity index is 1.73. The molecule has 20 heavy (non-hydrogen) atoms. The lowest BCUT2D eigenvalue weighted by molar-refractivity contribution is -0.116. The summed E-state index contributed by atoms with van der Waals surface area (Å²) in [5.41, 5.74) is 1.87. The van der Waals surface area contributed by atoms with Crippen LogP contribution in [0.2, 0.25) is 0 Å². The summed E-state index contributed by atoms with van der Waals surface area (Å²) in [5.74, 6) is -0.238. The van der Waals surface area contributed by atoms with Crippen molar-refractivity contribution in [3.63, 3.8) is 0 Å². The maximum absolute atomic E-state index is 11.6. The third kappa shape index (κ3) is 4.74. The number of carbonyl (C=O) groups excluding carboxylic acids is 1. The summed E-state index contributed by atoms with van der Waals surface area (Å²) in [6, 6.07) is 11.4. The van der Waals surface area contributed by atoms with E-state index in [0.29, 0.717) is 6.42 Å². The summed E-state index contributed by atoms with van der Waals surface area (Å²) in [6.45, 7) is 0.226. The molecule has 0 radical (unpaired) electrons. The number of aliphatic hydroxyl groups excluding tert-OH is 1. The van der Waals surface area contributed by atoms with E-state index in [1.54, 1.807) is 24.7 Å². The standard InChI is InChI=1S/C16H17NO3/c18-15(10-13-4-2-1-3-5-13)11-17-16(19)7-6-14-8-9-20-12-14/h1-9,12,15,18H,10-11H2,(H,17,19)/b7-6+/t15-/m1/s1. The third-order valence-corrected chi connectivity index (χ3v) is 2.80. The fourth-order valence-corrected chi connectivity index (χ4v) is 1.78. The maximum Gasteiger partial charge on any atom is 0.244 e. The van der Waals surface area contributed by atoms with E-state index in [2.05, 4.69) is 5.32 Å². The minimum atomic E-state index is -0.594. The molecule has 1 aromatic carbocycles. The van der Waals surface area contributed by atoms with Crippen LogP contribution in [-0.4, -0.2) is 23.7 Å². The highest BCUT2D eigenvalue weighted by Crippen LogP contribution is 2.03. The van der Waals surface area contributed by atoms with E-state index in [0.717, 1.165) is 11.1 Å². The molecule has 0 unspecified atom stereocenters. The van der Waals surface area contributed by atoms with Gasteiger partial charge in [-0.2, -0.15) is 0 Å². The largest absolute Gasteiger partial charge is 0.472 e. The minimum absolute atomic E-state index is 0.226. The van der Waals surface area contributed by atoms with Crippen LogP contribution in [-0.2, 0) is 11.2 Å². The fourth-order valence-electron chi connectivity index (χ4n) is 1.78. The summed E-state index contributed by atoms with van der Waals surface area (Å²) >= 11 is 0. The second kappa shape index (κ2) is 7.31. The highest BCUT2D eigenvalue weighted by Gasteiger charge is 2.06. The van der Waals surface area contributed by atoms with Crippen LogP contribution in [0.5, 0.6) is 0 Å². The number of nitrogens with one attached hydrogen (secondary N) is 1. The van der Waals surface area contributed by atoms with E-state index < -0.39 is 6.10 Å². The highest BCUT2D eigenvalue weighted by atomic mass is 16.3. The van der Waals surface area contributed by atoms with Crippen molar-refractivity contribution in [2.75, 3.05) is 6.54 Å². The van der Waals surface area contributed by atoms with Crippen LogP contribution in [0, 0.1) is 0 Å². The molecule has 0 aliphatic carbocycles. The zero-order valence-electron chi connectivity index (χ0n) is 11.0. The van der Waals surface area contributed by atoms with Gasteiger partial charge in [-0.1, -0.05) is 30.3 Å². The summed E-state index contributed by atoms with van der Waals surface area (Å²) in [4.78, 5) is 11.6. The van der Waals surface area contributed by atoms with E-state index in [4.69, 9.17) is 4.42 Å². The van der Waals surface area contributed by atoms with E-state index >= 15 is 0 Å². The second-order valence-electron chi connectivity index (χ2n) is 4.48. The number of hydrogen-bond donors (Lipinski definition) is 2. The van der Waals surface area contributed by atoms with Crippen molar-refractivity contribution in [2.24, 2.45) is 0 Å². The SMILES string of the molecule is O=C(/C=C/c1ccoc1)NC[C@H](O)Cc1ccccc1. The monoisotopic (exact) mass is 271 g/mol. The number of furan rings is 1. The van der Waals surface area contributed by atoms with Gasteiger partial charge in [0, 0.05) is 24.6 Å². The molecule has 104 valence electrons. The molecule has 1 heterocycles. The Bertz CT molecular complexity index is 546. The molecule has 1 aromatic heterocycles. The summed E-state index contributed by atoms with van der Waals surface area (Å²) < 4.78 is 4.89. The van der Waals surface area contributed by atoms with E-state index in [-0.39, 0.29) is 12.5 Å². The molecule has 2 aromatic rings.